The first kappa shape index (κ1) is 13.0. The topological polar surface area (TPSA) is 24.9 Å². The van der Waals surface area contributed by atoms with Gasteiger partial charge in [-0.3, -0.25) is 0 Å². The highest BCUT2D eigenvalue weighted by Gasteiger charge is 2.35. The molecule has 2 nitrogen and oxygen atoms in total. The van der Waals surface area contributed by atoms with Gasteiger partial charge in [-0.2, -0.15) is 0 Å². The zero-order valence-electron chi connectivity index (χ0n) is 11.5. The number of thiazole rings is 1. The molecular weight excluding hydrogens is 228 g/mol. The molecule has 0 saturated heterocycles. The predicted molar refractivity (Wildman–Crippen MR) is 74.6 cm³/mol. The molecular formula is C14H24N2S. The van der Waals surface area contributed by atoms with Gasteiger partial charge in [0.05, 0.1) is 11.2 Å². The summed E-state index contributed by atoms with van der Waals surface area (Å²) in [5.41, 5.74) is 1.35. The largest absolute Gasteiger partial charge is 0.308 e. The molecule has 1 N–H and O–H groups in total. The van der Waals surface area contributed by atoms with Gasteiger partial charge in [-0.25, -0.2) is 4.98 Å². The summed E-state index contributed by atoms with van der Waals surface area (Å²) in [4.78, 5) is 6.17. The average Bonchev–Trinajstić information content (AvgIpc) is 2.53. The molecule has 1 aliphatic carbocycles. The van der Waals surface area contributed by atoms with Gasteiger partial charge in [0.25, 0.3) is 0 Å². The van der Waals surface area contributed by atoms with Gasteiger partial charge >= 0.3 is 0 Å². The summed E-state index contributed by atoms with van der Waals surface area (Å²) in [7, 11) is 2.10. The van der Waals surface area contributed by atoms with Crippen molar-refractivity contribution < 1.29 is 0 Å². The molecule has 2 atom stereocenters. The van der Waals surface area contributed by atoms with Crippen molar-refractivity contribution in [1.82, 2.24) is 10.3 Å². The van der Waals surface area contributed by atoms with E-state index >= 15 is 0 Å². The molecule has 2 unspecified atom stereocenters. The first-order valence-electron chi connectivity index (χ1n) is 6.71. The third-order valence-electron chi connectivity index (χ3n) is 4.28. The maximum Gasteiger partial charge on any atom is 0.113 e. The van der Waals surface area contributed by atoms with Crippen LogP contribution in [0.15, 0.2) is 0 Å². The third-order valence-corrected chi connectivity index (χ3v) is 5.56. The Morgan fingerprint density at radius 3 is 2.65 bits per heavy atom. The molecule has 3 heteroatoms. The van der Waals surface area contributed by atoms with E-state index in [9.17, 15) is 0 Å². The van der Waals surface area contributed by atoms with Crippen LogP contribution >= 0.6 is 11.3 Å². The number of aryl methyl sites for hydroxylation is 2. The maximum atomic E-state index is 4.80. The first-order chi connectivity index (χ1) is 8.07. The standard InChI is InChI=1S/C14H24N2S/c1-10-6-5-8-14(15-4,9-7-10)13-16-11(2)12(3)17-13/h10,15H,5-9H2,1-4H3. The summed E-state index contributed by atoms with van der Waals surface area (Å²) in [5, 5.41) is 4.89. The van der Waals surface area contributed by atoms with Crippen LogP contribution < -0.4 is 5.32 Å². The number of nitrogens with one attached hydrogen (secondary N) is 1. The third kappa shape index (κ3) is 2.55. The van der Waals surface area contributed by atoms with E-state index in [2.05, 4.69) is 33.1 Å². The van der Waals surface area contributed by atoms with Gasteiger partial charge in [0.1, 0.15) is 5.01 Å². The monoisotopic (exact) mass is 252 g/mol. The summed E-state index contributed by atoms with van der Waals surface area (Å²) in [6, 6.07) is 0. The molecule has 0 spiro atoms. The van der Waals surface area contributed by atoms with Crippen LogP contribution in [0, 0.1) is 19.8 Å². The Kier molecular flexibility index (Phi) is 3.88. The number of rotatable bonds is 2. The SMILES string of the molecule is CNC1(c2nc(C)c(C)s2)CCCC(C)CC1. The van der Waals surface area contributed by atoms with Gasteiger partial charge < -0.3 is 5.32 Å². The lowest BCUT2D eigenvalue weighted by Gasteiger charge is -2.30. The van der Waals surface area contributed by atoms with Crippen LogP contribution in [0.2, 0.25) is 0 Å². The van der Waals surface area contributed by atoms with Crippen molar-refractivity contribution in [3.63, 3.8) is 0 Å². The molecule has 0 aromatic carbocycles. The van der Waals surface area contributed by atoms with Crippen LogP contribution in [-0.2, 0) is 5.54 Å². The van der Waals surface area contributed by atoms with Crippen LogP contribution in [0.25, 0.3) is 0 Å². The highest BCUT2D eigenvalue weighted by Crippen LogP contribution is 2.39. The predicted octanol–water partition coefficient (Wildman–Crippen LogP) is 3.77. The smallest absolute Gasteiger partial charge is 0.113 e. The van der Waals surface area contributed by atoms with Crippen molar-refractivity contribution in [2.45, 2.75) is 58.4 Å². The fraction of sp³-hybridized carbons (Fsp3) is 0.786. The molecule has 96 valence electrons. The quantitative estimate of drug-likeness (QED) is 0.810. The van der Waals surface area contributed by atoms with E-state index in [-0.39, 0.29) is 5.54 Å². The van der Waals surface area contributed by atoms with Crippen LogP contribution in [-0.4, -0.2) is 12.0 Å². The number of hydrogen-bond acceptors (Lipinski definition) is 3. The lowest BCUT2D eigenvalue weighted by Crippen LogP contribution is -2.39. The Morgan fingerprint density at radius 1 is 1.29 bits per heavy atom. The highest BCUT2D eigenvalue weighted by atomic mass is 32.1. The van der Waals surface area contributed by atoms with Crippen molar-refractivity contribution in [3.8, 4) is 0 Å². The summed E-state index contributed by atoms with van der Waals surface area (Å²) >= 11 is 1.88. The van der Waals surface area contributed by atoms with Crippen LogP contribution in [0.5, 0.6) is 0 Å². The summed E-state index contributed by atoms with van der Waals surface area (Å²) in [6.45, 7) is 6.68. The van der Waals surface area contributed by atoms with E-state index < -0.39 is 0 Å². The number of hydrogen-bond donors (Lipinski definition) is 1. The van der Waals surface area contributed by atoms with Gasteiger partial charge in [-0.15, -0.1) is 11.3 Å². The minimum absolute atomic E-state index is 0.147. The fourth-order valence-electron chi connectivity index (χ4n) is 2.76. The fourth-order valence-corrected chi connectivity index (χ4v) is 3.93. The van der Waals surface area contributed by atoms with Crippen molar-refractivity contribution in [2.24, 2.45) is 5.92 Å². The van der Waals surface area contributed by atoms with Gasteiger partial charge in [-0.1, -0.05) is 19.8 Å². The first-order valence-corrected chi connectivity index (χ1v) is 7.52. The molecule has 0 radical (unpaired) electrons. The zero-order chi connectivity index (χ0) is 12.5. The molecule has 17 heavy (non-hydrogen) atoms. The summed E-state index contributed by atoms with van der Waals surface area (Å²) in [5.74, 6) is 0.868. The van der Waals surface area contributed by atoms with Crippen LogP contribution in [0.1, 0.15) is 54.6 Å². The molecule has 1 aromatic heterocycles. The van der Waals surface area contributed by atoms with E-state index in [1.54, 1.807) is 0 Å². The molecule has 1 aliphatic rings. The molecule has 2 rings (SSSR count). The van der Waals surface area contributed by atoms with E-state index in [1.807, 2.05) is 11.3 Å². The number of nitrogens with zero attached hydrogens (tertiary/aromatic N) is 1. The average molecular weight is 252 g/mol. The second-order valence-electron chi connectivity index (χ2n) is 5.53. The molecule has 1 saturated carbocycles. The minimum Gasteiger partial charge on any atom is -0.308 e. The normalized spacial score (nSPS) is 30.2. The van der Waals surface area contributed by atoms with Crippen LogP contribution in [0.4, 0.5) is 0 Å². The Labute approximate surface area is 109 Å². The molecule has 0 aliphatic heterocycles. The molecule has 0 bridgehead atoms. The Bertz CT molecular complexity index is 366. The van der Waals surface area contributed by atoms with Crippen molar-refractivity contribution in [3.05, 3.63) is 15.6 Å². The van der Waals surface area contributed by atoms with E-state index in [1.165, 1.54) is 47.7 Å². The second-order valence-corrected chi connectivity index (χ2v) is 6.73. The van der Waals surface area contributed by atoms with Gasteiger partial charge in [0, 0.05) is 4.88 Å². The minimum atomic E-state index is 0.147. The zero-order valence-corrected chi connectivity index (χ0v) is 12.3. The molecule has 1 fully saturated rings. The Morgan fingerprint density at radius 2 is 2.06 bits per heavy atom. The van der Waals surface area contributed by atoms with E-state index in [4.69, 9.17) is 4.98 Å². The summed E-state index contributed by atoms with van der Waals surface area (Å²) < 4.78 is 0. The van der Waals surface area contributed by atoms with Gasteiger partial charge in [0.15, 0.2) is 0 Å². The highest BCUT2D eigenvalue weighted by molar-refractivity contribution is 7.11. The maximum absolute atomic E-state index is 4.80. The van der Waals surface area contributed by atoms with Crippen molar-refractivity contribution in [1.29, 1.82) is 0 Å². The number of aromatic nitrogens is 1. The van der Waals surface area contributed by atoms with Gasteiger partial charge in [0.2, 0.25) is 0 Å². The Hall–Kier alpha value is -0.410. The molecule has 0 amide bonds. The van der Waals surface area contributed by atoms with Gasteiger partial charge in [-0.05, 0) is 46.1 Å². The van der Waals surface area contributed by atoms with Crippen molar-refractivity contribution >= 4 is 11.3 Å². The summed E-state index contributed by atoms with van der Waals surface area (Å²) in [6.07, 6.45) is 6.47. The molecule has 1 heterocycles. The lowest BCUT2D eigenvalue weighted by atomic mass is 9.90. The Balaban J connectivity index is 2.29. The second kappa shape index (κ2) is 5.07. The van der Waals surface area contributed by atoms with Crippen LogP contribution in [0.3, 0.4) is 0 Å². The van der Waals surface area contributed by atoms with Crippen molar-refractivity contribution in [2.75, 3.05) is 7.05 Å². The van der Waals surface area contributed by atoms with E-state index in [0.29, 0.717) is 0 Å². The lowest BCUT2D eigenvalue weighted by molar-refractivity contribution is 0.308. The van der Waals surface area contributed by atoms with E-state index in [0.717, 1.165) is 5.92 Å². The molecule has 1 aromatic rings.